The molecule has 0 unspecified atom stereocenters. The van der Waals surface area contributed by atoms with Crippen molar-refractivity contribution in [1.82, 2.24) is 14.7 Å². The SMILES string of the molecule is Cc1ccc(-c2nn(-c3ccccc3)cc2C(=O)OCC(=O)N(C)C)cc1. The molecule has 2 aromatic carbocycles. The summed E-state index contributed by atoms with van der Waals surface area (Å²) in [6.07, 6.45) is 1.63. The Kier molecular flexibility index (Phi) is 5.35. The number of aromatic nitrogens is 2. The molecule has 0 N–H and O–H groups in total. The van der Waals surface area contributed by atoms with Gasteiger partial charge in [-0.3, -0.25) is 4.79 Å². The average molecular weight is 363 g/mol. The number of ether oxygens (including phenoxy) is 1. The van der Waals surface area contributed by atoms with Crippen molar-refractivity contribution in [3.8, 4) is 16.9 Å². The Bertz CT molecular complexity index is 945. The van der Waals surface area contributed by atoms with E-state index in [-0.39, 0.29) is 12.5 Å². The standard InChI is InChI=1S/C21H21N3O3/c1-15-9-11-16(12-10-15)20-18(21(26)27-14-19(25)23(2)3)13-24(22-20)17-7-5-4-6-8-17/h4-13H,14H2,1-3H3. The molecule has 27 heavy (non-hydrogen) atoms. The molecule has 0 fully saturated rings. The fourth-order valence-corrected chi connectivity index (χ4v) is 2.50. The third-order valence-electron chi connectivity index (χ3n) is 4.11. The van der Waals surface area contributed by atoms with Crippen LogP contribution < -0.4 is 0 Å². The summed E-state index contributed by atoms with van der Waals surface area (Å²) in [5, 5.41) is 4.58. The highest BCUT2D eigenvalue weighted by atomic mass is 16.5. The van der Waals surface area contributed by atoms with Gasteiger partial charge < -0.3 is 9.64 Å². The van der Waals surface area contributed by atoms with Crippen molar-refractivity contribution in [2.75, 3.05) is 20.7 Å². The van der Waals surface area contributed by atoms with Crippen molar-refractivity contribution in [2.24, 2.45) is 0 Å². The minimum atomic E-state index is -0.581. The highest BCUT2D eigenvalue weighted by molar-refractivity contribution is 5.97. The molecule has 0 saturated carbocycles. The third-order valence-corrected chi connectivity index (χ3v) is 4.11. The predicted molar refractivity (Wildman–Crippen MR) is 103 cm³/mol. The summed E-state index contributed by atoms with van der Waals surface area (Å²) in [5.74, 6) is -0.862. The minimum Gasteiger partial charge on any atom is -0.452 e. The van der Waals surface area contributed by atoms with E-state index in [0.717, 1.165) is 16.8 Å². The first-order valence-electron chi connectivity index (χ1n) is 8.55. The van der Waals surface area contributed by atoms with E-state index in [9.17, 15) is 9.59 Å². The fourth-order valence-electron chi connectivity index (χ4n) is 2.50. The van der Waals surface area contributed by atoms with Crippen LogP contribution in [-0.2, 0) is 9.53 Å². The minimum absolute atomic E-state index is 0.282. The normalized spacial score (nSPS) is 10.5. The molecule has 0 aliphatic heterocycles. The van der Waals surface area contributed by atoms with Gasteiger partial charge in [0.05, 0.1) is 5.69 Å². The lowest BCUT2D eigenvalue weighted by Crippen LogP contribution is -2.27. The lowest BCUT2D eigenvalue weighted by Gasteiger charge is -2.10. The molecule has 6 nitrogen and oxygen atoms in total. The molecule has 3 aromatic rings. The van der Waals surface area contributed by atoms with Gasteiger partial charge in [-0.25, -0.2) is 9.48 Å². The molecule has 1 heterocycles. The van der Waals surface area contributed by atoms with Crippen LogP contribution in [0, 0.1) is 6.92 Å². The van der Waals surface area contributed by atoms with Crippen LogP contribution in [0.15, 0.2) is 60.8 Å². The first kappa shape index (κ1) is 18.4. The summed E-state index contributed by atoms with van der Waals surface area (Å²) >= 11 is 0. The van der Waals surface area contributed by atoms with E-state index in [4.69, 9.17) is 4.74 Å². The monoisotopic (exact) mass is 363 g/mol. The van der Waals surface area contributed by atoms with Crippen molar-refractivity contribution in [1.29, 1.82) is 0 Å². The zero-order chi connectivity index (χ0) is 19.4. The van der Waals surface area contributed by atoms with Gasteiger partial charge in [-0.1, -0.05) is 48.0 Å². The average Bonchev–Trinajstić information content (AvgIpc) is 3.12. The van der Waals surface area contributed by atoms with E-state index < -0.39 is 5.97 Å². The number of carbonyl (C=O) groups is 2. The molecular weight excluding hydrogens is 342 g/mol. The van der Waals surface area contributed by atoms with E-state index in [1.807, 2.05) is 61.5 Å². The van der Waals surface area contributed by atoms with Crippen LogP contribution in [0.25, 0.3) is 16.9 Å². The van der Waals surface area contributed by atoms with Crippen LogP contribution in [0.4, 0.5) is 0 Å². The van der Waals surface area contributed by atoms with E-state index in [2.05, 4.69) is 5.10 Å². The van der Waals surface area contributed by atoms with Crippen LogP contribution in [-0.4, -0.2) is 47.3 Å². The van der Waals surface area contributed by atoms with Crippen LogP contribution in [0.2, 0.25) is 0 Å². The summed E-state index contributed by atoms with van der Waals surface area (Å²) in [7, 11) is 3.22. The lowest BCUT2D eigenvalue weighted by atomic mass is 10.1. The molecule has 0 saturated heterocycles. The summed E-state index contributed by atoms with van der Waals surface area (Å²) in [6, 6.07) is 17.3. The molecule has 1 amide bonds. The largest absolute Gasteiger partial charge is 0.452 e. The van der Waals surface area contributed by atoms with E-state index in [1.54, 1.807) is 25.0 Å². The maximum absolute atomic E-state index is 12.6. The van der Waals surface area contributed by atoms with Gasteiger partial charge in [0.25, 0.3) is 5.91 Å². The zero-order valence-electron chi connectivity index (χ0n) is 15.5. The lowest BCUT2D eigenvalue weighted by molar-refractivity contribution is -0.131. The molecule has 0 aliphatic rings. The Balaban J connectivity index is 1.97. The number of hydrogen-bond acceptors (Lipinski definition) is 4. The van der Waals surface area contributed by atoms with Crippen molar-refractivity contribution >= 4 is 11.9 Å². The highest BCUT2D eigenvalue weighted by Crippen LogP contribution is 2.25. The maximum atomic E-state index is 12.6. The van der Waals surface area contributed by atoms with Gasteiger partial charge in [0, 0.05) is 25.9 Å². The Hall–Kier alpha value is -3.41. The second-order valence-electron chi connectivity index (χ2n) is 6.40. The van der Waals surface area contributed by atoms with Crippen LogP contribution in [0.5, 0.6) is 0 Å². The van der Waals surface area contributed by atoms with Gasteiger partial charge in [0.1, 0.15) is 11.3 Å². The Morgan fingerprint density at radius 1 is 1.04 bits per heavy atom. The second kappa shape index (κ2) is 7.86. The summed E-state index contributed by atoms with van der Waals surface area (Å²) in [6.45, 7) is 1.68. The van der Waals surface area contributed by atoms with Gasteiger partial charge in [-0.05, 0) is 19.1 Å². The van der Waals surface area contributed by atoms with E-state index in [1.165, 1.54) is 4.90 Å². The molecule has 0 spiro atoms. The van der Waals surface area contributed by atoms with Crippen molar-refractivity contribution < 1.29 is 14.3 Å². The Morgan fingerprint density at radius 2 is 1.70 bits per heavy atom. The number of rotatable bonds is 5. The van der Waals surface area contributed by atoms with Crippen LogP contribution >= 0.6 is 0 Å². The first-order valence-corrected chi connectivity index (χ1v) is 8.55. The molecule has 6 heteroatoms. The third kappa shape index (κ3) is 4.23. The number of esters is 1. The number of para-hydroxylation sites is 1. The van der Waals surface area contributed by atoms with Crippen molar-refractivity contribution in [3.63, 3.8) is 0 Å². The quantitative estimate of drug-likeness (QED) is 0.654. The zero-order valence-corrected chi connectivity index (χ0v) is 15.5. The molecule has 0 atom stereocenters. The summed E-state index contributed by atoms with van der Waals surface area (Å²) in [5.41, 5.74) is 3.58. The molecule has 1 aromatic heterocycles. The van der Waals surface area contributed by atoms with Crippen molar-refractivity contribution in [3.05, 3.63) is 71.9 Å². The van der Waals surface area contributed by atoms with Gasteiger partial charge >= 0.3 is 5.97 Å². The molecule has 3 rings (SSSR count). The first-order chi connectivity index (χ1) is 13.0. The number of aryl methyl sites for hydroxylation is 1. The topological polar surface area (TPSA) is 64.4 Å². The molecule has 0 bridgehead atoms. The van der Waals surface area contributed by atoms with Gasteiger partial charge in [0.2, 0.25) is 0 Å². The fraction of sp³-hybridized carbons (Fsp3) is 0.190. The van der Waals surface area contributed by atoms with Gasteiger partial charge in [-0.2, -0.15) is 5.10 Å². The van der Waals surface area contributed by atoms with Crippen LogP contribution in [0.1, 0.15) is 15.9 Å². The van der Waals surface area contributed by atoms with Crippen LogP contribution in [0.3, 0.4) is 0 Å². The molecule has 0 aliphatic carbocycles. The number of benzene rings is 2. The number of carbonyl (C=O) groups excluding carboxylic acids is 2. The van der Waals surface area contributed by atoms with Gasteiger partial charge in [-0.15, -0.1) is 0 Å². The number of amides is 1. The second-order valence-corrected chi connectivity index (χ2v) is 6.40. The number of nitrogens with zero attached hydrogens (tertiary/aromatic N) is 3. The predicted octanol–water partition coefficient (Wildman–Crippen LogP) is 3.09. The molecule has 0 radical (unpaired) electrons. The number of hydrogen-bond donors (Lipinski definition) is 0. The number of likely N-dealkylation sites (N-methyl/N-ethyl adjacent to an activating group) is 1. The molecular formula is C21H21N3O3. The van der Waals surface area contributed by atoms with Crippen molar-refractivity contribution in [2.45, 2.75) is 6.92 Å². The smallest absolute Gasteiger partial charge is 0.342 e. The van der Waals surface area contributed by atoms with E-state index in [0.29, 0.717) is 11.3 Å². The Labute approximate surface area is 158 Å². The highest BCUT2D eigenvalue weighted by Gasteiger charge is 2.21. The molecule has 138 valence electrons. The Morgan fingerprint density at radius 3 is 2.33 bits per heavy atom. The summed E-state index contributed by atoms with van der Waals surface area (Å²) in [4.78, 5) is 25.7. The summed E-state index contributed by atoms with van der Waals surface area (Å²) < 4.78 is 6.84. The maximum Gasteiger partial charge on any atom is 0.342 e. The van der Waals surface area contributed by atoms with E-state index >= 15 is 0 Å². The van der Waals surface area contributed by atoms with Gasteiger partial charge in [0.15, 0.2) is 6.61 Å².